The molecule has 1 atom stereocenters. The largest absolute Gasteiger partial charge is 0.359 e. The number of hydrogen-bond acceptors (Lipinski definition) is 5. The second-order valence-corrected chi connectivity index (χ2v) is 7.92. The lowest BCUT2D eigenvalue weighted by Crippen LogP contribution is -2.38. The van der Waals surface area contributed by atoms with Gasteiger partial charge in [0.05, 0.1) is 0 Å². The highest BCUT2D eigenvalue weighted by molar-refractivity contribution is 7.90. The quantitative estimate of drug-likeness (QED) is 0.830. The highest BCUT2D eigenvalue weighted by Crippen LogP contribution is 2.23. The third-order valence-electron chi connectivity index (χ3n) is 4.23. The molecule has 2 heterocycles. The van der Waals surface area contributed by atoms with E-state index in [1.807, 2.05) is 11.9 Å². The van der Waals surface area contributed by atoms with Crippen LogP contribution in [0.15, 0.2) is 23.2 Å². The van der Waals surface area contributed by atoms with Crippen molar-refractivity contribution in [2.24, 2.45) is 0 Å². The van der Waals surface area contributed by atoms with E-state index in [9.17, 15) is 8.42 Å². The van der Waals surface area contributed by atoms with Gasteiger partial charge in [0.1, 0.15) is 10.7 Å². The van der Waals surface area contributed by atoms with Crippen LogP contribution >= 0.6 is 0 Å². The number of sulfone groups is 1. The summed E-state index contributed by atoms with van der Waals surface area (Å²) < 4.78 is 23.7. The Hall–Kier alpha value is -1.14. The van der Waals surface area contributed by atoms with E-state index in [4.69, 9.17) is 0 Å². The summed E-state index contributed by atoms with van der Waals surface area (Å²) in [6.07, 6.45) is 7.71. The van der Waals surface area contributed by atoms with Crippen molar-refractivity contribution in [1.82, 2.24) is 9.88 Å². The van der Waals surface area contributed by atoms with Gasteiger partial charge in [0.15, 0.2) is 9.84 Å². The van der Waals surface area contributed by atoms with Gasteiger partial charge < -0.3 is 9.80 Å². The lowest BCUT2D eigenvalue weighted by atomic mass is 10.00. The van der Waals surface area contributed by atoms with Crippen LogP contribution in [0.5, 0.6) is 0 Å². The summed E-state index contributed by atoms with van der Waals surface area (Å²) in [5, 5.41) is 0. The van der Waals surface area contributed by atoms with E-state index < -0.39 is 9.84 Å². The van der Waals surface area contributed by atoms with Crippen molar-refractivity contribution in [3.8, 4) is 0 Å². The molecule has 6 heteroatoms. The van der Waals surface area contributed by atoms with Gasteiger partial charge in [-0.2, -0.15) is 0 Å². The topological polar surface area (TPSA) is 53.5 Å². The Balaban J connectivity index is 2.05. The SMILES string of the molecule is CN(CCC1CCCCN1C)c1ncccc1S(C)(=O)=O. The first kappa shape index (κ1) is 16.2. The summed E-state index contributed by atoms with van der Waals surface area (Å²) in [7, 11) is 0.843. The van der Waals surface area contributed by atoms with Gasteiger partial charge in [0.25, 0.3) is 0 Å². The number of piperidine rings is 1. The third kappa shape index (κ3) is 4.17. The van der Waals surface area contributed by atoms with Crippen LogP contribution in [0.3, 0.4) is 0 Å². The molecule has 0 radical (unpaired) electrons. The van der Waals surface area contributed by atoms with Gasteiger partial charge in [0, 0.05) is 32.1 Å². The summed E-state index contributed by atoms with van der Waals surface area (Å²) in [5.41, 5.74) is 0. The lowest BCUT2D eigenvalue weighted by molar-refractivity contribution is 0.178. The summed E-state index contributed by atoms with van der Waals surface area (Å²) in [6.45, 7) is 1.97. The van der Waals surface area contributed by atoms with Crippen molar-refractivity contribution in [2.75, 3.05) is 38.3 Å². The molecule has 0 bridgehead atoms. The zero-order chi connectivity index (χ0) is 15.5. The molecule has 0 spiro atoms. The van der Waals surface area contributed by atoms with Gasteiger partial charge >= 0.3 is 0 Å². The van der Waals surface area contributed by atoms with Crippen LogP contribution in [0.1, 0.15) is 25.7 Å². The predicted molar refractivity (Wildman–Crippen MR) is 85.5 cm³/mol. The monoisotopic (exact) mass is 311 g/mol. The molecule has 1 saturated heterocycles. The molecule has 1 aromatic heterocycles. The molecule has 21 heavy (non-hydrogen) atoms. The molecular weight excluding hydrogens is 286 g/mol. The van der Waals surface area contributed by atoms with E-state index >= 15 is 0 Å². The molecule has 5 nitrogen and oxygen atoms in total. The Morgan fingerprint density at radius 2 is 2.19 bits per heavy atom. The van der Waals surface area contributed by atoms with Gasteiger partial charge in [-0.05, 0) is 45.0 Å². The molecule has 0 amide bonds. The average Bonchev–Trinajstić information content (AvgIpc) is 2.45. The Bertz CT molecular complexity index is 574. The van der Waals surface area contributed by atoms with E-state index in [0.29, 0.717) is 16.8 Å². The first-order valence-electron chi connectivity index (χ1n) is 7.46. The summed E-state index contributed by atoms with van der Waals surface area (Å²) in [5.74, 6) is 0.554. The predicted octanol–water partition coefficient (Wildman–Crippen LogP) is 1.80. The molecule has 2 rings (SSSR count). The fourth-order valence-corrected chi connectivity index (χ4v) is 3.78. The highest BCUT2D eigenvalue weighted by atomic mass is 32.2. The van der Waals surface area contributed by atoms with Crippen LogP contribution in [-0.2, 0) is 9.84 Å². The minimum atomic E-state index is -3.25. The fourth-order valence-electron chi connectivity index (χ4n) is 2.92. The zero-order valence-electron chi connectivity index (χ0n) is 13.1. The van der Waals surface area contributed by atoms with Gasteiger partial charge in [-0.15, -0.1) is 0 Å². The van der Waals surface area contributed by atoms with Crippen molar-refractivity contribution >= 4 is 15.7 Å². The highest BCUT2D eigenvalue weighted by Gasteiger charge is 2.21. The molecular formula is C15H25N3O2S. The smallest absolute Gasteiger partial charge is 0.179 e. The van der Waals surface area contributed by atoms with Gasteiger partial charge in [-0.3, -0.25) is 0 Å². The molecule has 118 valence electrons. The first-order valence-corrected chi connectivity index (χ1v) is 9.35. The molecule has 1 unspecified atom stereocenters. The molecule has 1 aliphatic heterocycles. The van der Waals surface area contributed by atoms with Crippen molar-refractivity contribution in [3.63, 3.8) is 0 Å². The number of likely N-dealkylation sites (tertiary alicyclic amines) is 1. The van der Waals surface area contributed by atoms with Crippen LogP contribution in [0, 0.1) is 0 Å². The van der Waals surface area contributed by atoms with Crippen LogP contribution in [0.25, 0.3) is 0 Å². The van der Waals surface area contributed by atoms with Crippen molar-refractivity contribution in [2.45, 2.75) is 36.6 Å². The van der Waals surface area contributed by atoms with E-state index in [1.54, 1.807) is 18.3 Å². The average molecular weight is 311 g/mol. The standard InChI is InChI=1S/C15H25N3O2S/c1-17-11-5-4-7-13(17)9-12-18(2)15-14(21(3,19)20)8-6-10-16-15/h6,8,10,13H,4-5,7,9,11-12H2,1-3H3. The molecule has 0 aromatic carbocycles. The maximum absolute atomic E-state index is 11.8. The first-order chi connectivity index (χ1) is 9.89. The second-order valence-electron chi connectivity index (χ2n) is 5.94. The summed E-state index contributed by atoms with van der Waals surface area (Å²) >= 11 is 0. The number of pyridine rings is 1. The van der Waals surface area contributed by atoms with Crippen LogP contribution in [-0.4, -0.2) is 57.8 Å². The second kappa shape index (κ2) is 6.75. The summed E-state index contributed by atoms with van der Waals surface area (Å²) in [4.78, 5) is 8.94. The molecule has 0 aliphatic carbocycles. The number of hydrogen-bond donors (Lipinski definition) is 0. The van der Waals surface area contributed by atoms with Gasteiger partial charge in [-0.1, -0.05) is 6.42 Å². The van der Waals surface area contributed by atoms with Gasteiger partial charge in [-0.25, -0.2) is 13.4 Å². The number of aromatic nitrogens is 1. The van der Waals surface area contributed by atoms with E-state index in [2.05, 4.69) is 16.9 Å². The van der Waals surface area contributed by atoms with Crippen LogP contribution in [0.4, 0.5) is 5.82 Å². The Morgan fingerprint density at radius 1 is 1.43 bits per heavy atom. The van der Waals surface area contributed by atoms with Crippen molar-refractivity contribution in [1.29, 1.82) is 0 Å². The van der Waals surface area contributed by atoms with Crippen molar-refractivity contribution in [3.05, 3.63) is 18.3 Å². The maximum atomic E-state index is 11.8. The number of nitrogens with zero attached hydrogens (tertiary/aromatic N) is 3. The van der Waals surface area contributed by atoms with E-state index in [1.165, 1.54) is 25.5 Å². The fraction of sp³-hybridized carbons (Fsp3) is 0.667. The third-order valence-corrected chi connectivity index (χ3v) is 5.35. The molecule has 0 saturated carbocycles. The molecule has 1 aromatic rings. The number of rotatable bonds is 5. The lowest BCUT2D eigenvalue weighted by Gasteiger charge is -2.33. The maximum Gasteiger partial charge on any atom is 0.179 e. The molecule has 1 fully saturated rings. The minimum absolute atomic E-state index is 0.310. The van der Waals surface area contributed by atoms with E-state index in [0.717, 1.165) is 19.5 Å². The Morgan fingerprint density at radius 3 is 2.86 bits per heavy atom. The molecule has 1 aliphatic rings. The Labute approximate surface area is 127 Å². The summed E-state index contributed by atoms with van der Waals surface area (Å²) in [6, 6.07) is 3.88. The number of anilines is 1. The van der Waals surface area contributed by atoms with E-state index in [-0.39, 0.29) is 0 Å². The van der Waals surface area contributed by atoms with Gasteiger partial charge in [0.2, 0.25) is 0 Å². The normalized spacial score (nSPS) is 20.4. The Kier molecular flexibility index (Phi) is 5.22. The van der Waals surface area contributed by atoms with Crippen LogP contribution < -0.4 is 4.90 Å². The van der Waals surface area contributed by atoms with Crippen molar-refractivity contribution < 1.29 is 8.42 Å². The van der Waals surface area contributed by atoms with Crippen LogP contribution in [0.2, 0.25) is 0 Å². The molecule has 0 N–H and O–H groups in total. The minimum Gasteiger partial charge on any atom is -0.359 e. The zero-order valence-corrected chi connectivity index (χ0v) is 13.9.